The largest absolute Gasteiger partial charge is 0.257 e. The van der Waals surface area contributed by atoms with Crippen molar-refractivity contribution < 1.29 is 4.21 Å². The predicted octanol–water partition coefficient (Wildman–Crippen LogP) is -0.254. The highest BCUT2D eigenvalue weighted by molar-refractivity contribution is 8.37. The van der Waals surface area contributed by atoms with Crippen molar-refractivity contribution in [3.05, 3.63) is 0 Å². The molecular weight excluding hydrogens is 104 g/mol. The van der Waals surface area contributed by atoms with Crippen LogP contribution >= 0.6 is 0 Å². The molecule has 0 N–H and O–H groups in total. The normalized spacial score (nSPS) is 29.6. The molecule has 1 aliphatic rings. The van der Waals surface area contributed by atoms with E-state index in [2.05, 4.69) is 11.2 Å². The van der Waals surface area contributed by atoms with Gasteiger partial charge < -0.3 is 0 Å². The van der Waals surface area contributed by atoms with Gasteiger partial charge in [-0.3, -0.25) is 4.21 Å². The van der Waals surface area contributed by atoms with Crippen molar-refractivity contribution in [2.45, 2.75) is 0 Å². The van der Waals surface area contributed by atoms with Crippen LogP contribution in [0.3, 0.4) is 0 Å². The number of hydrogen-bond donors (Lipinski definition) is 0. The minimum Gasteiger partial charge on any atom is -0.257 e. The molecule has 0 aliphatic carbocycles. The zero-order valence-electron chi connectivity index (χ0n) is 2.64. The first-order valence-corrected chi connectivity index (χ1v) is 4.23. The molecular formula is C2H4OS2. The van der Waals surface area contributed by atoms with Crippen molar-refractivity contribution in [2.24, 2.45) is 0 Å². The average molecular weight is 108 g/mol. The van der Waals surface area contributed by atoms with Gasteiger partial charge >= 0.3 is 0 Å². The Kier molecular flexibility index (Phi) is 0.504. The third kappa shape index (κ3) is 0.851. The maximum absolute atomic E-state index is 10.1. The lowest BCUT2D eigenvalue weighted by molar-refractivity contribution is 0.693. The van der Waals surface area contributed by atoms with Gasteiger partial charge in [0.05, 0.1) is 0 Å². The molecule has 0 radical (unpaired) electrons. The Balaban J connectivity index is 3.15. The predicted molar refractivity (Wildman–Crippen MR) is 25.2 cm³/mol. The number of hydrogen-bond acceptors (Lipinski definition) is 2. The summed E-state index contributed by atoms with van der Waals surface area (Å²) in [6.45, 7) is 0. The third-order valence-electron chi connectivity index (χ3n) is 0.537. The van der Waals surface area contributed by atoms with Gasteiger partial charge in [-0.1, -0.05) is 0 Å². The van der Waals surface area contributed by atoms with Crippen molar-refractivity contribution in [1.29, 1.82) is 0 Å². The van der Waals surface area contributed by atoms with Crippen LogP contribution in [0.25, 0.3) is 0 Å². The van der Waals surface area contributed by atoms with Gasteiger partial charge in [-0.2, -0.15) is 0 Å². The molecule has 1 saturated heterocycles. The van der Waals surface area contributed by atoms with Gasteiger partial charge in [-0.25, -0.2) is 0 Å². The highest BCUT2D eigenvalue weighted by Crippen LogP contribution is 2.05. The van der Waals surface area contributed by atoms with Crippen LogP contribution in [0.4, 0.5) is 0 Å². The summed E-state index contributed by atoms with van der Waals surface area (Å²) in [6, 6.07) is 0. The minimum atomic E-state index is -1.58. The van der Waals surface area contributed by atoms with E-state index in [0.717, 1.165) is 11.5 Å². The van der Waals surface area contributed by atoms with Crippen LogP contribution in [0, 0.1) is 0 Å². The Hall–Kier alpha value is 0.370. The van der Waals surface area contributed by atoms with Crippen LogP contribution < -0.4 is 0 Å². The van der Waals surface area contributed by atoms with E-state index in [1.807, 2.05) is 0 Å². The van der Waals surface area contributed by atoms with Crippen LogP contribution in [-0.2, 0) is 19.7 Å². The molecule has 0 unspecified atom stereocenters. The van der Waals surface area contributed by atoms with E-state index in [-0.39, 0.29) is 0 Å². The maximum Gasteiger partial charge on any atom is 0.0376 e. The lowest BCUT2D eigenvalue weighted by Crippen LogP contribution is -1.57. The van der Waals surface area contributed by atoms with Crippen LogP contribution in [-0.4, -0.2) is 15.7 Å². The minimum absolute atomic E-state index is 0.794. The summed E-state index contributed by atoms with van der Waals surface area (Å²) in [6.07, 6.45) is 0. The Bertz CT molecular complexity index is 111. The van der Waals surface area contributed by atoms with E-state index in [1.54, 1.807) is 0 Å². The zero-order valence-corrected chi connectivity index (χ0v) is 4.27. The van der Waals surface area contributed by atoms with E-state index in [0.29, 0.717) is 0 Å². The van der Waals surface area contributed by atoms with E-state index in [4.69, 9.17) is 0 Å². The number of rotatable bonds is 0. The molecule has 1 heterocycles. The third-order valence-corrected chi connectivity index (χ3v) is 2.61. The second kappa shape index (κ2) is 0.708. The molecule has 1 nitrogen and oxygen atoms in total. The fourth-order valence-electron chi connectivity index (χ4n) is 0.0680. The van der Waals surface area contributed by atoms with Crippen molar-refractivity contribution in [1.82, 2.24) is 0 Å². The van der Waals surface area contributed by atoms with Crippen LogP contribution in [0.1, 0.15) is 0 Å². The lowest BCUT2D eigenvalue weighted by Gasteiger charge is -1.50. The summed E-state index contributed by atoms with van der Waals surface area (Å²) >= 11 is 4.47. The molecule has 0 atom stereocenters. The fraction of sp³-hybridized carbons (Fsp3) is 1.00. The second-order valence-electron chi connectivity index (χ2n) is 1.15. The first kappa shape index (κ1) is 3.56. The fourth-order valence-corrected chi connectivity index (χ4v) is 1.22. The average Bonchev–Trinajstić information content (AvgIpc) is 1.76. The monoisotopic (exact) mass is 108 g/mol. The smallest absolute Gasteiger partial charge is 0.0376 e. The van der Waals surface area contributed by atoms with Crippen molar-refractivity contribution >= 4 is 19.7 Å². The summed E-state index contributed by atoms with van der Waals surface area (Å²) in [5.41, 5.74) is 0. The molecule has 3 heteroatoms. The van der Waals surface area contributed by atoms with Gasteiger partial charge in [0, 0.05) is 20.0 Å². The molecule has 0 amide bonds. The first-order valence-electron chi connectivity index (χ1n) is 1.41. The molecule has 0 saturated carbocycles. The summed E-state index contributed by atoms with van der Waals surface area (Å²) < 4.78 is 10.1. The van der Waals surface area contributed by atoms with Gasteiger partial charge in [-0.05, 0) is 11.2 Å². The summed E-state index contributed by atoms with van der Waals surface area (Å²) in [5.74, 6) is 1.59. The molecule has 1 aliphatic heterocycles. The van der Waals surface area contributed by atoms with Crippen molar-refractivity contribution in [3.63, 3.8) is 0 Å². The summed E-state index contributed by atoms with van der Waals surface area (Å²) in [5, 5.41) is 0. The topological polar surface area (TPSA) is 17.1 Å². The van der Waals surface area contributed by atoms with Crippen molar-refractivity contribution in [3.8, 4) is 0 Å². The van der Waals surface area contributed by atoms with E-state index in [9.17, 15) is 4.21 Å². The molecule has 1 rings (SSSR count). The lowest BCUT2D eigenvalue weighted by atomic mass is 11.0. The van der Waals surface area contributed by atoms with Gasteiger partial charge in [0.2, 0.25) is 0 Å². The highest BCUT2D eigenvalue weighted by Gasteiger charge is 2.19. The summed E-state index contributed by atoms with van der Waals surface area (Å²) in [4.78, 5) is 0. The first-order chi connectivity index (χ1) is 2.21. The zero-order chi connectivity index (χ0) is 3.91. The van der Waals surface area contributed by atoms with Gasteiger partial charge in [-0.15, -0.1) is 0 Å². The van der Waals surface area contributed by atoms with Crippen molar-refractivity contribution in [2.75, 3.05) is 11.5 Å². The standard InChI is InChI=1S/C2H4OS2/c3-5(4)1-2-5/h1-2H2. The molecule has 0 aromatic carbocycles. The molecule has 0 bridgehead atoms. The summed E-state index contributed by atoms with van der Waals surface area (Å²) in [7, 11) is -1.58. The molecule has 0 aromatic rings. The second-order valence-corrected chi connectivity index (χ2v) is 5.28. The Morgan fingerprint density at radius 3 is 1.80 bits per heavy atom. The Morgan fingerprint density at radius 2 is 1.80 bits per heavy atom. The maximum atomic E-state index is 10.1. The van der Waals surface area contributed by atoms with E-state index in [1.165, 1.54) is 0 Å². The van der Waals surface area contributed by atoms with Gasteiger partial charge in [0.15, 0.2) is 0 Å². The van der Waals surface area contributed by atoms with E-state index >= 15 is 0 Å². The molecule has 0 aromatic heterocycles. The molecule has 1 fully saturated rings. The van der Waals surface area contributed by atoms with Crippen LogP contribution in [0.15, 0.2) is 0 Å². The Morgan fingerprint density at radius 1 is 1.60 bits per heavy atom. The van der Waals surface area contributed by atoms with Gasteiger partial charge in [0.1, 0.15) is 0 Å². The van der Waals surface area contributed by atoms with Crippen LogP contribution in [0.5, 0.6) is 0 Å². The quantitative estimate of drug-likeness (QED) is 0.398. The molecule has 5 heavy (non-hydrogen) atoms. The van der Waals surface area contributed by atoms with Crippen LogP contribution in [0.2, 0.25) is 0 Å². The Labute approximate surface area is 36.1 Å². The molecule has 0 spiro atoms. The van der Waals surface area contributed by atoms with E-state index < -0.39 is 8.49 Å². The molecule has 30 valence electrons. The SMILES string of the molecule is O=S1(=S)CC1. The highest BCUT2D eigenvalue weighted by atomic mass is 32.8. The van der Waals surface area contributed by atoms with Gasteiger partial charge in [0.25, 0.3) is 0 Å².